The molecule has 0 aliphatic rings. The van der Waals surface area contributed by atoms with Crippen LogP contribution >= 0.6 is 0 Å². The first-order valence-electron chi connectivity index (χ1n) is 9.65. The van der Waals surface area contributed by atoms with Crippen molar-refractivity contribution in [3.63, 3.8) is 0 Å². The highest BCUT2D eigenvalue weighted by Crippen LogP contribution is 2.30. The molecule has 0 aliphatic carbocycles. The molecule has 5 nitrogen and oxygen atoms in total. The number of hydrogen-bond donors (Lipinski definition) is 1. The molecule has 0 aliphatic heterocycles. The van der Waals surface area contributed by atoms with Crippen molar-refractivity contribution in [2.45, 2.75) is 13.8 Å². The molecule has 0 radical (unpaired) electrons. The summed E-state index contributed by atoms with van der Waals surface area (Å²) in [6, 6.07) is 20.9. The predicted molar refractivity (Wildman–Crippen MR) is 118 cm³/mol. The van der Waals surface area contributed by atoms with Crippen LogP contribution in [0.1, 0.15) is 21.6 Å². The molecule has 0 atom stereocenters. The number of ketones is 1. The van der Waals surface area contributed by atoms with Gasteiger partial charge >= 0.3 is 0 Å². The maximum atomic E-state index is 13.3. The summed E-state index contributed by atoms with van der Waals surface area (Å²) in [4.78, 5) is 26.2. The first-order chi connectivity index (χ1) is 14.5. The number of carbonyl (C=O) groups excluding carboxylic acids is 2. The van der Waals surface area contributed by atoms with Gasteiger partial charge in [-0.15, -0.1) is 0 Å². The summed E-state index contributed by atoms with van der Waals surface area (Å²) >= 11 is 0. The zero-order valence-electron chi connectivity index (χ0n) is 17.1. The molecule has 0 saturated heterocycles. The highest BCUT2D eigenvalue weighted by Gasteiger charge is 2.25. The highest BCUT2D eigenvalue weighted by molar-refractivity contribution is 6.47. The number of anilines is 1. The van der Waals surface area contributed by atoms with Crippen LogP contribution in [0.25, 0.3) is 16.6 Å². The van der Waals surface area contributed by atoms with Crippen molar-refractivity contribution >= 4 is 22.9 Å². The molecule has 150 valence electrons. The standard InChI is InChI=1S/C25H22N2O3/c1-16-7-10-18(11-8-16)20-15-19-6-4-5-13-27(19)23(20)24(28)25(29)26-21-14-17(2)9-12-22(21)30-3/h4-15H,1-3H3,(H,26,29). The number of nitrogens with one attached hydrogen (secondary N) is 1. The molecule has 4 rings (SSSR count). The molecule has 0 unspecified atom stereocenters. The average molecular weight is 398 g/mol. The Kier molecular flexibility index (Phi) is 5.11. The molecule has 2 heterocycles. The lowest BCUT2D eigenvalue weighted by molar-refractivity contribution is -0.112. The fourth-order valence-electron chi connectivity index (χ4n) is 3.51. The van der Waals surface area contributed by atoms with E-state index >= 15 is 0 Å². The number of rotatable bonds is 5. The minimum Gasteiger partial charge on any atom is -0.495 e. The van der Waals surface area contributed by atoms with Gasteiger partial charge in [0.1, 0.15) is 11.4 Å². The second-order valence-corrected chi connectivity index (χ2v) is 7.26. The fraction of sp³-hybridized carbons (Fsp3) is 0.120. The van der Waals surface area contributed by atoms with Crippen LogP contribution in [0.4, 0.5) is 5.69 Å². The summed E-state index contributed by atoms with van der Waals surface area (Å²) in [7, 11) is 1.53. The van der Waals surface area contributed by atoms with Gasteiger partial charge in [0.05, 0.1) is 12.8 Å². The first kappa shape index (κ1) is 19.5. The molecule has 30 heavy (non-hydrogen) atoms. The number of hydrogen-bond acceptors (Lipinski definition) is 3. The lowest BCUT2D eigenvalue weighted by atomic mass is 10.0. The van der Waals surface area contributed by atoms with Crippen molar-refractivity contribution in [1.29, 1.82) is 0 Å². The van der Waals surface area contributed by atoms with Crippen molar-refractivity contribution < 1.29 is 14.3 Å². The third kappa shape index (κ3) is 3.57. The molecule has 2 aromatic carbocycles. The number of aryl methyl sites for hydroxylation is 2. The minimum atomic E-state index is -0.712. The van der Waals surface area contributed by atoms with Crippen LogP contribution < -0.4 is 10.1 Å². The van der Waals surface area contributed by atoms with E-state index in [1.165, 1.54) is 7.11 Å². The number of amides is 1. The number of benzene rings is 2. The van der Waals surface area contributed by atoms with E-state index < -0.39 is 11.7 Å². The Labute approximate surface area is 174 Å². The summed E-state index contributed by atoms with van der Waals surface area (Å²) in [5.41, 5.74) is 5.32. The van der Waals surface area contributed by atoms with E-state index in [1.54, 1.807) is 22.7 Å². The van der Waals surface area contributed by atoms with Crippen molar-refractivity contribution in [2.24, 2.45) is 0 Å². The maximum Gasteiger partial charge on any atom is 0.298 e. The van der Waals surface area contributed by atoms with E-state index in [0.29, 0.717) is 17.1 Å². The Balaban J connectivity index is 1.77. The van der Waals surface area contributed by atoms with E-state index in [0.717, 1.165) is 27.8 Å². The lowest BCUT2D eigenvalue weighted by Crippen LogP contribution is -2.25. The van der Waals surface area contributed by atoms with Gasteiger partial charge in [0.2, 0.25) is 0 Å². The van der Waals surface area contributed by atoms with Crippen LogP contribution in [0.15, 0.2) is 72.9 Å². The van der Waals surface area contributed by atoms with Crippen molar-refractivity contribution in [3.05, 3.63) is 89.7 Å². The lowest BCUT2D eigenvalue weighted by Gasteiger charge is -2.11. The van der Waals surface area contributed by atoms with Crippen molar-refractivity contribution in [2.75, 3.05) is 12.4 Å². The molecule has 0 saturated carbocycles. The molecule has 1 N–H and O–H groups in total. The number of carbonyl (C=O) groups is 2. The first-order valence-corrected chi connectivity index (χ1v) is 9.65. The van der Waals surface area contributed by atoms with Gasteiger partial charge in [-0.25, -0.2) is 0 Å². The quantitative estimate of drug-likeness (QED) is 0.378. The van der Waals surface area contributed by atoms with E-state index in [1.807, 2.05) is 68.4 Å². The Morgan fingerprint density at radius 3 is 2.37 bits per heavy atom. The fourth-order valence-corrected chi connectivity index (χ4v) is 3.51. The molecule has 2 aromatic heterocycles. The Morgan fingerprint density at radius 2 is 1.63 bits per heavy atom. The van der Waals surface area contributed by atoms with E-state index in [9.17, 15) is 9.59 Å². The van der Waals surface area contributed by atoms with Gasteiger partial charge in [0.25, 0.3) is 11.7 Å². The SMILES string of the molecule is COc1ccc(C)cc1NC(=O)C(=O)c1c(-c2ccc(C)cc2)cc2ccccn12. The number of methoxy groups -OCH3 is 1. The van der Waals surface area contributed by atoms with Gasteiger partial charge in [-0.3, -0.25) is 9.59 Å². The van der Waals surface area contributed by atoms with E-state index in [-0.39, 0.29) is 0 Å². The average Bonchev–Trinajstić information content (AvgIpc) is 3.13. The smallest absolute Gasteiger partial charge is 0.298 e. The number of nitrogens with zero attached hydrogens (tertiary/aromatic N) is 1. The number of pyridine rings is 1. The summed E-state index contributed by atoms with van der Waals surface area (Å²) in [6.45, 7) is 3.92. The summed E-state index contributed by atoms with van der Waals surface area (Å²) < 4.78 is 7.07. The molecular formula is C25H22N2O3. The molecule has 0 fully saturated rings. The van der Waals surface area contributed by atoms with Crippen LogP contribution in [0, 0.1) is 13.8 Å². The number of Topliss-reactive ketones (excluding diaryl/α,β-unsaturated/α-hetero) is 1. The largest absolute Gasteiger partial charge is 0.495 e. The molecule has 4 aromatic rings. The normalized spacial score (nSPS) is 10.8. The Bertz CT molecular complexity index is 1250. The van der Waals surface area contributed by atoms with Gasteiger partial charge in [0.15, 0.2) is 0 Å². The number of fused-ring (bicyclic) bond motifs is 1. The molecular weight excluding hydrogens is 376 g/mol. The van der Waals surface area contributed by atoms with Crippen molar-refractivity contribution in [1.82, 2.24) is 4.40 Å². The zero-order valence-corrected chi connectivity index (χ0v) is 17.1. The van der Waals surface area contributed by atoms with Gasteiger partial charge in [-0.1, -0.05) is 42.0 Å². The van der Waals surface area contributed by atoms with Gasteiger partial charge in [-0.2, -0.15) is 0 Å². The monoisotopic (exact) mass is 398 g/mol. The summed E-state index contributed by atoms with van der Waals surface area (Å²) in [5, 5.41) is 2.72. The predicted octanol–water partition coefficient (Wildman–Crippen LogP) is 5.05. The van der Waals surface area contributed by atoms with Crippen LogP contribution in [0.2, 0.25) is 0 Å². The van der Waals surface area contributed by atoms with Crippen LogP contribution in [-0.2, 0) is 4.79 Å². The maximum absolute atomic E-state index is 13.3. The van der Waals surface area contributed by atoms with Gasteiger partial charge in [-0.05, 0) is 55.3 Å². The second-order valence-electron chi connectivity index (χ2n) is 7.26. The topological polar surface area (TPSA) is 59.8 Å². The zero-order chi connectivity index (χ0) is 21.3. The second kappa shape index (κ2) is 7.87. The summed E-state index contributed by atoms with van der Waals surface area (Å²) in [6.07, 6.45) is 1.79. The minimum absolute atomic E-state index is 0.332. The Hall–Kier alpha value is -3.86. The number of aromatic nitrogens is 1. The third-order valence-electron chi connectivity index (χ3n) is 5.07. The molecule has 5 heteroatoms. The van der Waals surface area contributed by atoms with E-state index in [2.05, 4.69) is 5.32 Å². The van der Waals surface area contributed by atoms with Crippen LogP contribution in [0.3, 0.4) is 0 Å². The van der Waals surface area contributed by atoms with Gasteiger partial charge in [0, 0.05) is 17.3 Å². The summed E-state index contributed by atoms with van der Waals surface area (Å²) in [5.74, 6) is -0.822. The molecule has 0 bridgehead atoms. The third-order valence-corrected chi connectivity index (χ3v) is 5.07. The van der Waals surface area contributed by atoms with E-state index in [4.69, 9.17) is 4.74 Å². The van der Waals surface area contributed by atoms with Crippen LogP contribution in [-0.4, -0.2) is 23.2 Å². The molecule has 0 spiro atoms. The molecule has 1 amide bonds. The highest BCUT2D eigenvalue weighted by atomic mass is 16.5. The number of ether oxygens (including phenoxy) is 1. The Morgan fingerprint density at radius 1 is 0.900 bits per heavy atom. The van der Waals surface area contributed by atoms with Crippen molar-refractivity contribution in [3.8, 4) is 16.9 Å². The van der Waals surface area contributed by atoms with Gasteiger partial charge < -0.3 is 14.5 Å². The van der Waals surface area contributed by atoms with Crippen LogP contribution in [0.5, 0.6) is 5.75 Å².